The molecule has 36 heavy (non-hydrogen) atoms. The number of hydrogen-bond donors (Lipinski definition) is 3. The molecule has 1 heterocycles. The second-order valence-electron chi connectivity index (χ2n) is 9.91. The van der Waals surface area contributed by atoms with E-state index < -0.39 is 25.5 Å². The van der Waals surface area contributed by atoms with E-state index >= 15 is 0 Å². The molecular formula is C25H27N3O6S2. The highest BCUT2D eigenvalue weighted by Gasteiger charge is 2.47. The average Bonchev–Trinajstić information content (AvgIpc) is 3.30. The first-order valence-electron chi connectivity index (χ1n) is 11.7. The maximum atomic E-state index is 14.0. The van der Waals surface area contributed by atoms with Gasteiger partial charge in [0.1, 0.15) is 16.2 Å². The summed E-state index contributed by atoms with van der Waals surface area (Å²) in [5.41, 5.74) is 0.275. The number of nitrogens with zero attached hydrogens (tertiary/aromatic N) is 1. The van der Waals surface area contributed by atoms with Gasteiger partial charge in [0.05, 0.1) is 17.4 Å². The number of nitrogens with one attached hydrogen (secondary N) is 2. The fourth-order valence-corrected chi connectivity index (χ4v) is 7.27. The summed E-state index contributed by atoms with van der Waals surface area (Å²) in [6, 6.07) is 11.1. The highest BCUT2D eigenvalue weighted by atomic mass is 32.2. The van der Waals surface area contributed by atoms with Crippen molar-refractivity contribution < 1.29 is 26.7 Å². The molecule has 2 aromatic carbocycles. The van der Waals surface area contributed by atoms with Gasteiger partial charge in [-0.05, 0) is 43.0 Å². The van der Waals surface area contributed by atoms with Crippen LogP contribution in [0.25, 0.3) is 5.76 Å². The Hall–Kier alpha value is -3.18. The first-order valence-corrected chi connectivity index (χ1v) is 15.0. The standard InChI is InChI=1S/C25H27N3O6S2/c1-25(14-15-7-3-4-8-15)18-10-6-5-9-17(18)22(29)21(23(25)30)24-26-19-12-11-16(27-35(2,31)32)13-20(19)36(33,34)28-24/h5-6,9-13,15,27,29H,3-4,7-8,14H2,1-2H3,(H,26,28)/t25-/m0/s1. The van der Waals surface area contributed by atoms with Crippen LogP contribution in [0.5, 0.6) is 0 Å². The van der Waals surface area contributed by atoms with Crippen molar-refractivity contribution in [3.8, 4) is 0 Å². The number of aliphatic hydroxyl groups excluding tert-OH is 1. The predicted octanol–water partition coefficient (Wildman–Crippen LogP) is 3.96. The lowest BCUT2D eigenvalue weighted by Crippen LogP contribution is -2.43. The number of Topliss-reactive ketones (excluding diaryl/α,β-unsaturated/α-hetero) is 1. The molecule has 1 fully saturated rings. The number of carbonyl (C=O) groups excluding carboxylic acids is 1. The van der Waals surface area contributed by atoms with E-state index in [0.29, 0.717) is 17.9 Å². The Morgan fingerprint density at radius 3 is 2.56 bits per heavy atom. The van der Waals surface area contributed by atoms with Gasteiger partial charge in [0.25, 0.3) is 10.0 Å². The van der Waals surface area contributed by atoms with E-state index in [4.69, 9.17) is 0 Å². The number of carbonyl (C=O) groups is 1. The maximum absolute atomic E-state index is 14.0. The van der Waals surface area contributed by atoms with Gasteiger partial charge in [0.15, 0.2) is 11.6 Å². The van der Waals surface area contributed by atoms with Crippen LogP contribution in [0.15, 0.2) is 57.3 Å². The minimum Gasteiger partial charge on any atom is -0.506 e. The molecule has 11 heteroatoms. The van der Waals surface area contributed by atoms with Crippen LogP contribution < -0.4 is 10.0 Å². The zero-order valence-corrected chi connectivity index (χ0v) is 21.5. The van der Waals surface area contributed by atoms with Gasteiger partial charge in [-0.3, -0.25) is 9.52 Å². The first-order chi connectivity index (χ1) is 16.9. The molecular weight excluding hydrogens is 502 g/mol. The van der Waals surface area contributed by atoms with Crippen LogP contribution in [0.1, 0.15) is 50.2 Å². The summed E-state index contributed by atoms with van der Waals surface area (Å²) in [4.78, 5) is 13.8. The summed E-state index contributed by atoms with van der Waals surface area (Å²) in [6.45, 7) is 1.86. The summed E-state index contributed by atoms with van der Waals surface area (Å²) in [6.07, 6.45) is 5.84. The van der Waals surface area contributed by atoms with Crippen molar-refractivity contribution in [3.63, 3.8) is 0 Å². The molecule has 2 aromatic rings. The number of fused-ring (bicyclic) bond motifs is 2. The Bertz CT molecular complexity index is 1550. The molecule has 0 radical (unpaired) electrons. The molecule has 2 aliphatic carbocycles. The van der Waals surface area contributed by atoms with Crippen molar-refractivity contribution in [2.45, 2.75) is 49.3 Å². The fraction of sp³-hybridized carbons (Fsp3) is 0.360. The molecule has 0 spiro atoms. The number of sulfonamides is 2. The number of rotatable bonds is 5. The second kappa shape index (κ2) is 8.45. The zero-order valence-electron chi connectivity index (χ0n) is 19.9. The number of benzene rings is 2. The predicted molar refractivity (Wildman–Crippen MR) is 138 cm³/mol. The quantitative estimate of drug-likeness (QED) is 0.532. The molecule has 9 nitrogen and oxygen atoms in total. The van der Waals surface area contributed by atoms with Crippen LogP contribution in [-0.2, 0) is 30.3 Å². The first kappa shape index (κ1) is 24.5. The van der Waals surface area contributed by atoms with Crippen molar-refractivity contribution in [2.24, 2.45) is 10.3 Å². The van der Waals surface area contributed by atoms with Gasteiger partial charge in [-0.2, -0.15) is 8.42 Å². The minimum atomic E-state index is -4.31. The summed E-state index contributed by atoms with van der Waals surface area (Å²) < 4.78 is 55.5. The van der Waals surface area contributed by atoms with E-state index in [1.165, 1.54) is 12.1 Å². The van der Waals surface area contributed by atoms with Gasteiger partial charge >= 0.3 is 0 Å². The summed E-state index contributed by atoms with van der Waals surface area (Å²) in [7, 11) is -7.93. The Morgan fingerprint density at radius 2 is 1.86 bits per heavy atom. The van der Waals surface area contributed by atoms with Crippen LogP contribution in [0, 0.1) is 5.92 Å². The Labute approximate surface area is 210 Å². The summed E-state index contributed by atoms with van der Waals surface area (Å²) in [5, 5.41) is 14.1. The third kappa shape index (κ3) is 4.20. The number of anilines is 2. The normalized spacial score (nSPS) is 23.5. The Balaban J connectivity index is 1.61. The van der Waals surface area contributed by atoms with Crippen LogP contribution in [0.3, 0.4) is 0 Å². The number of amidine groups is 1. The van der Waals surface area contributed by atoms with Crippen molar-refractivity contribution >= 4 is 48.8 Å². The Morgan fingerprint density at radius 1 is 1.17 bits per heavy atom. The van der Waals surface area contributed by atoms with E-state index in [1.54, 1.807) is 12.1 Å². The van der Waals surface area contributed by atoms with Crippen molar-refractivity contribution in [2.75, 3.05) is 16.3 Å². The minimum absolute atomic E-state index is 0.0640. The van der Waals surface area contributed by atoms with Gasteiger partial charge in [-0.25, -0.2) is 8.42 Å². The third-order valence-corrected chi connectivity index (χ3v) is 9.10. The molecule has 1 aliphatic heterocycles. The van der Waals surface area contributed by atoms with E-state index in [-0.39, 0.29) is 39.2 Å². The molecule has 1 saturated carbocycles. The van der Waals surface area contributed by atoms with E-state index in [1.807, 2.05) is 19.1 Å². The van der Waals surface area contributed by atoms with Crippen molar-refractivity contribution in [3.05, 3.63) is 59.2 Å². The number of ketones is 1. The average molecular weight is 530 g/mol. The van der Waals surface area contributed by atoms with E-state index in [2.05, 4.69) is 14.4 Å². The highest BCUT2D eigenvalue weighted by Crippen LogP contribution is 2.46. The molecule has 0 saturated heterocycles. The topological polar surface area (TPSA) is 142 Å². The van der Waals surface area contributed by atoms with Crippen LogP contribution in [0.2, 0.25) is 0 Å². The van der Waals surface area contributed by atoms with Crippen LogP contribution in [-0.4, -0.2) is 39.8 Å². The van der Waals surface area contributed by atoms with Gasteiger partial charge in [0.2, 0.25) is 10.0 Å². The van der Waals surface area contributed by atoms with E-state index in [9.17, 15) is 26.7 Å². The van der Waals surface area contributed by atoms with Gasteiger partial charge < -0.3 is 10.4 Å². The molecule has 3 N–H and O–H groups in total. The van der Waals surface area contributed by atoms with E-state index in [0.717, 1.165) is 43.6 Å². The van der Waals surface area contributed by atoms with Crippen LogP contribution >= 0.6 is 0 Å². The monoisotopic (exact) mass is 529 g/mol. The van der Waals surface area contributed by atoms with Gasteiger partial charge in [0, 0.05) is 11.3 Å². The lowest BCUT2D eigenvalue weighted by Gasteiger charge is -2.37. The zero-order chi connectivity index (χ0) is 25.9. The highest BCUT2D eigenvalue weighted by molar-refractivity contribution is 7.92. The molecule has 190 valence electrons. The SMILES string of the molecule is C[C@@]1(CC2CCCC2)C(=O)C(C2=NS(=O)(=O)c3cc(NS(C)(=O)=O)ccc3N2)=C(O)c2ccccc21. The van der Waals surface area contributed by atoms with Crippen molar-refractivity contribution in [1.29, 1.82) is 0 Å². The Kier molecular flexibility index (Phi) is 5.75. The number of aliphatic hydroxyl groups is 1. The molecule has 0 amide bonds. The smallest absolute Gasteiger partial charge is 0.286 e. The molecule has 1 atom stereocenters. The van der Waals surface area contributed by atoms with Gasteiger partial charge in [-0.1, -0.05) is 49.9 Å². The largest absolute Gasteiger partial charge is 0.506 e. The lowest BCUT2D eigenvalue weighted by molar-refractivity contribution is -0.120. The summed E-state index contributed by atoms with van der Waals surface area (Å²) in [5.74, 6) is -0.591. The summed E-state index contributed by atoms with van der Waals surface area (Å²) >= 11 is 0. The molecule has 3 aliphatic rings. The molecule has 0 unspecified atom stereocenters. The maximum Gasteiger partial charge on any atom is 0.286 e. The van der Waals surface area contributed by atoms with Crippen LogP contribution in [0.4, 0.5) is 11.4 Å². The third-order valence-electron chi connectivity index (χ3n) is 7.18. The lowest BCUT2D eigenvalue weighted by atomic mass is 9.65. The molecule has 0 aromatic heterocycles. The van der Waals surface area contributed by atoms with Crippen molar-refractivity contribution in [1.82, 2.24) is 0 Å². The second-order valence-corrected chi connectivity index (χ2v) is 13.2. The molecule has 0 bridgehead atoms. The molecule has 5 rings (SSSR count). The number of hydrogen-bond acceptors (Lipinski definition) is 7. The fourth-order valence-electron chi connectivity index (χ4n) is 5.57. The van der Waals surface area contributed by atoms with Gasteiger partial charge in [-0.15, -0.1) is 4.40 Å².